The summed E-state index contributed by atoms with van der Waals surface area (Å²) in [6, 6.07) is 14.6. The number of anilines is 1. The minimum absolute atomic E-state index is 0.0656. The van der Waals surface area contributed by atoms with Crippen molar-refractivity contribution in [3.63, 3.8) is 0 Å². The molecule has 0 aliphatic carbocycles. The molecule has 0 radical (unpaired) electrons. The minimum atomic E-state index is -0.498. The molecule has 162 valence electrons. The number of rotatable bonds is 7. The molecule has 1 amide bonds. The zero-order valence-electron chi connectivity index (χ0n) is 19.1. The SMILES string of the molecule is CC[C@@H](Oc1cc(C)ccc1C)C(=O)N[C@@H](C)c1ccc(N2CCC(C)CC2)cc1. The van der Waals surface area contributed by atoms with Crippen molar-refractivity contribution in [1.82, 2.24) is 5.32 Å². The molecule has 4 nitrogen and oxygen atoms in total. The summed E-state index contributed by atoms with van der Waals surface area (Å²) in [5.41, 5.74) is 4.55. The van der Waals surface area contributed by atoms with Crippen molar-refractivity contribution in [3.8, 4) is 5.75 Å². The van der Waals surface area contributed by atoms with E-state index in [-0.39, 0.29) is 11.9 Å². The van der Waals surface area contributed by atoms with Gasteiger partial charge in [-0.1, -0.05) is 38.1 Å². The van der Waals surface area contributed by atoms with Crippen LogP contribution in [0, 0.1) is 19.8 Å². The van der Waals surface area contributed by atoms with E-state index in [2.05, 4.69) is 47.5 Å². The van der Waals surface area contributed by atoms with Gasteiger partial charge in [0, 0.05) is 18.8 Å². The van der Waals surface area contributed by atoms with Gasteiger partial charge in [0.25, 0.3) is 5.91 Å². The Hall–Kier alpha value is -2.49. The van der Waals surface area contributed by atoms with Crippen molar-refractivity contribution in [3.05, 3.63) is 59.2 Å². The molecule has 1 N–H and O–H groups in total. The first kappa shape index (κ1) is 22.2. The molecule has 0 unspecified atom stereocenters. The maximum Gasteiger partial charge on any atom is 0.261 e. The second-order valence-corrected chi connectivity index (χ2v) is 8.78. The van der Waals surface area contributed by atoms with Crippen LogP contribution in [0.1, 0.15) is 62.8 Å². The molecular weight excluding hydrogens is 372 g/mol. The molecule has 1 aliphatic heterocycles. The highest BCUT2D eigenvalue weighted by Gasteiger charge is 2.22. The lowest BCUT2D eigenvalue weighted by atomic mass is 9.98. The van der Waals surface area contributed by atoms with E-state index in [0.717, 1.165) is 41.4 Å². The predicted octanol–water partition coefficient (Wildman–Crippen LogP) is 5.57. The summed E-state index contributed by atoms with van der Waals surface area (Å²) in [6.07, 6.45) is 2.64. The molecule has 3 rings (SSSR count). The van der Waals surface area contributed by atoms with E-state index in [1.165, 1.54) is 18.5 Å². The third-order valence-electron chi connectivity index (χ3n) is 6.18. The number of hydrogen-bond donors (Lipinski definition) is 1. The van der Waals surface area contributed by atoms with Crippen molar-refractivity contribution in [1.29, 1.82) is 0 Å². The average molecular weight is 409 g/mol. The fourth-order valence-corrected chi connectivity index (χ4v) is 3.94. The van der Waals surface area contributed by atoms with Gasteiger partial charge in [-0.3, -0.25) is 4.79 Å². The molecule has 1 fully saturated rings. The fourth-order valence-electron chi connectivity index (χ4n) is 3.94. The molecule has 0 bridgehead atoms. The summed E-state index contributed by atoms with van der Waals surface area (Å²) in [7, 11) is 0. The molecule has 2 atom stereocenters. The Morgan fingerprint density at radius 2 is 1.80 bits per heavy atom. The number of carbonyl (C=O) groups is 1. The van der Waals surface area contributed by atoms with Crippen LogP contribution in [0.5, 0.6) is 5.75 Å². The second kappa shape index (κ2) is 10.0. The first-order chi connectivity index (χ1) is 14.4. The van der Waals surface area contributed by atoms with Crippen molar-refractivity contribution in [2.24, 2.45) is 5.92 Å². The van der Waals surface area contributed by atoms with Gasteiger partial charge in [-0.25, -0.2) is 0 Å². The lowest BCUT2D eigenvalue weighted by molar-refractivity contribution is -0.128. The van der Waals surface area contributed by atoms with Crippen LogP contribution in [0.3, 0.4) is 0 Å². The Morgan fingerprint density at radius 1 is 1.13 bits per heavy atom. The van der Waals surface area contributed by atoms with Gasteiger partial charge in [-0.15, -0.1) is 0 Å². The third-order valence-corrected chi connectivity index (χ3v) is 6.18. The number of ether oxygens (including phenoxy) is 1. The van der Waals surface area contributed by atoms with E-state index in [4.69, 9.17) is 4.74 Å². The Labute approximate surface area is 181 Å². The molecule has 4 heteroatoms. The molecule has 1 saturated heterocycles. The molecular formula is C26H36N2O2. The summed E-state index contributed by atoms with van der Waals surface area (Å²) in [5, 5.41) is 3.13. The van der Waals surface area contributed by atoms with Crippen molar-refractivity contribution in [2.45, 2.75) is 66.0 Å². The van der Waals surface area contributed by atoms with Gasteiger partial charge in [-0.05, 0) is 80.8 Å². The minimum Gasteiger partial charge on any atom is -0.480 e. The van der Waals surface area contributed by atoms with E-state index >= 15 is 0 Å². The molecule has 0 saturated carbocycles. The molecule has 30 heavy (non-hydrogen) atoms. The normalized spacial score (nSPS) is 16.8. The fraction of sp³-hybridized carbons (Fsp3) is 0.500. The molecule has 2 aromatic carbocycles. The standard InChI is InChI=1S/C26H36N2O2/c1-6-24(30-25-17-19(3)7-8-20(25)4)26(29)27-21(5)22-9-11-23(12-10-22)28-15-13-18(2)14-16-28/h7-12,17-18,21,24H,6,13-16H2,1-5H3,(H,27,29)/t21-,24+/m0/s1. The van der Waals surface area contributed by atoms with Crippen LogP contribution in [0.15, 0.2) is 42.5 Å². The Kier molecular flexibility index (Phi) is 7.41. The van der Waals surface area contributed by atoms with Crippen LogP contribution in [0.25, 0.3) is 0 Å². The number of nitrogens with one attached hydrogen (secondary N) is 1. The quantitative estimate of drug-likeness (QED) is 0.651. The van der Waals surface area contributed by atoms with Gasteiger partial charge in [0.1, 0.15) is 5.75 Å². The third kappa shape index (κ3) is 5.56. The number of aryl methyl sites for hydroxylation is 2. The molecule has 0 aromatic heterocycles. The van der Waals surface area contributed by atoms with E-state index < -0.39 is 6.10 Å². The number of hydrogen-bond acceptors (Lipinski definition) is 3. The Morgan fingerprint density at radius 3 is 2.43 bits per heavy atom. The van der Waals surface area contributed by atoms with Gasteiger partial charge in [0.15, 0.2) is 6.10 Å². The monoisotopic (exact) mass is 408 g/mol. The second-order valence-electron chi connectivity index (χ2n) is 8.78. The smallest absolute Gasteiger partial charge is 0.261 e. The number of piperidine rings is 1. The van der Waals surface area contributed by atoms with Crippen LogP contribution in [0.4, 0.5) is 5.69 Å². The zero-order valence-corrected chi connectivity index (χ0v) is 19.1. The Bertz CT molecular complexity index is 839. The van der Waals surface area contributed by atoms with Crippen molar-refractivity contribution >= 4 is 11.6 Å². The topological polar surface area (TPSA) is 41.6 Å². The molecule has 2 aromatic rings. The summed E-state index contributed by atoms with van der Waals surface area (Å²) in [4.78, 5) is 15.3. The highest BCUT2D eigenvalue weighted by Crippen LogP contribution is 2.25. The number of carbonyl (C=O) groups excluding carboxylic acids is 1. The zero-order chi connectivity index (χ0) is 21.7. The first-order valence-corrected chi connectivity index (χ1v) is 11.3. The van der Waals surface area contributed by atoms with Crippen molar-refractivity contribution < 1.29 is 9.53 Å². The summed E-state index contributed by atoms with van der Waals surface area (Å²) < 4.78 is 6.06. The largest absolute Gasteiger partial charge is 0.480 e. The van der Waals surface area contributed by atoms with Gasteiger partial charge in [0.05, 0.1) is 6.04 Å². The summed E-state index contributed by atoms with van der Waals surface area (Å²) in [6.45, 7) is 12.6. The van der Waals surface area contributed by atoms with Crippen LogP contribution < -0.4 is 15.0 Å². The lowest BCUT2D eigenvalue weighted by Crippen LogP contribution is -2.39. The van der Waals surface area contributed by atoms with Gasteiger partial charge in [-0.2, -0.15) is 0 Å². The molecule has 1 heterocycles. The van der Waals surface area contributed by atoms with Gasteiger partial charge < -0.3 is 15.0 Å². The maximum atomic E-state index is 12.9. The van der Waals surface area contributed by atoms with E-state index in [1.807, 2.05) is 39.8 Å². The number of amides is 1. The molecule has 0 spiro atoms. The molecule has 1 aliphatic rings. The summed E-state index contributed by atoms with van der Waals surface area (Å²) >= 11 is 0. The number of nitrogens with zero attached hydrogens (tertiary/aromatic N) is 1. The van der Waals surface area contributed by atoms with Crippen molar-refractivity contribution in [2.75, 3.05) is 18.0 Å². The van der Waals surface area contributed by atoms with Crippen LogP contribution >= 0.6 is 0 Å². The van der Waals surface area contributed by atoms with Gasteiger partial charge >= 0.3 is 0 Å². The van der Waals surface area contributed by atoms with Crippen LogP contribution in [0.2, 0.25) is 0 Å². The maximum absolute atomic E-state index is 12.9. The predicted molar refractivity (Wildman–Crippen MR) is 124 cm³/mol. The first-order valence-electron chi connectivity index (χ1n) is 11.3. The van der Waals surface area contributed by atoms with Crippen LogP contribution in [-0.2, 0) is 4.79 Å². The average Bonchev–Trinajstić information content (AvgIpc) is 2.74. The van der Waals surface area contributed by atoms with E-state index in [1.54, 1.807) is 0 Å². The number of benzene rings is 2. The Balaban J connectivity index is 1.60. The van der Waals surface area contributed by atoms with E-state index in [9.17, 15) is 4.79 Å². The van der Waals surface area contributed by atoms with Crippen LogP contribution in [-0.4, -0.2) is 25.1 Å². The highest BCUT2D eigenvalue weighted by atomic mass is 16.5. The lowest BCUT2D eigenvalue weighted by Gasteiger charge is -2.32. The summed E-state index contributed by atoms with van der Waals surface area (Å²) in [5.74, 6) is 1.54. The van der Waals surface area contributed by atoms with Gasteiger partial charge in [0.2, 0.25) is 0 Å². The van der Waals surface area contributed by atoms with E-state index in [0.29, 0.717) is 6.42 Å². The highest BCUT2D eigenvalue weighted by molar-refractivity contribution is 5.81.